The van der Waals surface area contributed by atoms with Crippen LogP contribution in [0.15, 0.2) is 16.9 Å². The van der Waals surface area contributed by atoms with Gasteiger partial charge in [0.25, 0.3) is 0 Å². The molecule has 118 valence electrons. The van der Waals surface area contributed by atoms with Crippen LogP contribution in [0.25, 0.3) is 0 Å². The van der Waals surface area contributed by atoms with Crippen molar-refractivity contribution < 1.29 is 14.1 Å². The molecular formula is C15H25N3O3. The quantitative estimate of drug-likeness (QED) is 0.924. The lowest BCUT2D eigenvalue weighted by atomic mass is 9.97. The highest BCUT2D eigenvalue weighted by Gasteiger charge is 2.26. The van der Waals surface area contributed by atoms with E-state index in [1.54, 1.807) is 11.2 Å². The molecular weight excluding hydrogens is 270 g/mol. The summed E-state index contributed by atoms with van der Waals surface area (Å²) >= 11 is 0. The molecule has 21 heavy (non-hydrogen) atoms. The first-order valence-corrected chi connectivity index (χ1v) is 7.52. The van der Waals surface area contributed by atoms with Crippen LogP contribution in [-0.2, 0) is 11.3 Å². The minimum absolute atomic E-state index is 0.198. The van der Waals surface area contributed by atoms with Gasteiger partial charge in [0.15, 0.2) is 0 Å². The summed E-state index contributed by atoms with van der Waals surface area (Å²) in [4.78, 5) is 13.8. The average molecular weight is 295 g/mol. The van der Waals surface area contributed by atoms with E-state index >= 15 is 0 Å². The lowest BCUT2D eigenvalue weighted by molar-refractivity contribution is 0.0184. The number of piperidine rings is 1. The Kier molecular flexibility index (Phi) is 5.22. The van der Waals surface area contributed by atoms with Gasteiger partial charge >= 0.3 is 6.09 Å². The summed E-state index contributed by atoms with van der Waals surface area (Å²) in [6.45, 7) is 8.89. The van der Waals surface area contributed by atoms with Gasteiger partial charge in [0.2, 0.25) is 0 Å². The Bertz CT molecular complexity index is 432. The highest BCUT2D eigenvalue weighted by Crippen LogP contribution is 2.19. The number of nitrogens with one attached hydrogen (secondary N) is 1. The number of ether oxygens (including phenoxy) is 1. The zero-order chi connectivity index (χ0) is 15.3. The number of rotatable bonds is 4. The molecule has 1 saturated heterocycles. The Morgan fingerprint density at radius 2 is 2.19 bits per heavy atom. The van der Waals surface area contributed by atoms with Crippen molar-refractivity contribution in [1.29, 1.82) is 0 Å². The molecule has 1 aromatic heterocycles. The maximum Gasteiger partial charge on any atom is 0.410 e. The lowest BCUT2D eigenvalue weighted by Crippen LogP contribution is -2.43. The Morgan fingerprint density at radius 1 is 1.48 bits per heavy atom. The molecule has 0 spiro atoms. The van der Waals surface area contributed by atoms with E-state index in [1.165, 1.54) is 0 Å². The van der Waals surface area contributed by atoms with Gasteiger partial charge in [0.1, 0.15) is 11.9 Å². The molecule has 1 amide bonds. The minimum Gasteiger partial charge on any atom is -0.444 e. The number of hydrogen-bond donors (Lipinski definition) is 1. The number of hydrogen-bond acceptors (Lipinski definition) is 5. The third-order valence-electron chi connectivity index (χ3n) is 3.50. The first-order chi connectivity index (χ1) is 9.94. The van der Waals surface area contributed by atoms with Gasteiger partial charge in [-0.25, -0.2) is 4.79 Å². The standard InChI is InChI=1S/C15H25N3O3/c1-15(2,3)21-14(19)18-7-4-12(5-8-18)10-16-11-13-6-9-20-17-13/h6,9,12,16H,4-5,7-8,10-11H2,1-3H3. The van der Waals surface area contributed by atoms with Gasteiger partial charge in [-0.1, -0.05) is 5.16 Å². The SMILES string of the molecule is CC(C)(C)OC(=O)N1CCC(CNCc2ccon2)CC1. The highest BCUT2D eigenvalue weighted by molar-refractivity contribution is 5.68. The van der Waals surface area contributed by atoms with Gasteiger partial charge in [0.05, 0.1) is 5.69 Å². The van der Waals surface area contributed by atoms with Gasteiger partial charge < -0.3 is 19.5 Å². The largest absolute Gasteiger partial charge is 0.444 e. The van der Waals surface area contributed by atoms with Crippen molar-refractivity contribution >= 4 is 6.09 Å². The number of amides is 1. The van der Waals surface area contributed by atoms with E-state index in [0.717, 1.165) is 44.7 Å². The molecule has 0 unspecified atom stereocenters. The van der Waals surface area contributed by atoms with E-state index in [4.69, 9.17) is 9.26 Å². The summed E-state index contributed by atoms with van der Waals surface area (Å²) in [6.07, 6.45) is 3.39. The summed E-state index contributed by atoms with van der Waals surface area (Å²) in [5.41, 5.74) is 0.494. The third kappa shape index (κ3) is 5.38. The first-order valence-electron chi connectivity index (χ1n) is 7.52. The molecule has 1 aromatic rings. The zero-order valence-electron chi connectivity index (χ0n) is 13.1. The molecule has 0 bridgehead atoms. The van der Waals surface area contributed by atoms with Crippen LogP contribution in [0.1, 0.15) is 39.3 Å². The third-order valence-corrected chi connectivity index (χ3v) is 3.50. The van der Waals surface area contributed by atoms with Gasteiger partial charge in [-0.15, -0.1) is 0 Å². The molecule has 0 radical (unpaired) electrons. The topological polar surface area (TPSA) is 67.6 Å². The van der Waals surface area contributed by atoms with Crippen LogP contribution in [0.4, 0.5) is 4.79 Å². The first kappa shape index (κ1) is 15.8. The van der Waals surface area contributed by atoms with E-state index in [1.807, 2.05) is 26.8 Å². The summed E-state index contributed by atoms with van der Waals surface area (Å²) in [5, 5.41) is 7.24. The average Bonchev–Trinajstić information content (AvgIpc) is 2.91. The van der Waals surface area contributed by atoms with Crippen LogP contribution in [0.3, 0.4) is 0 Å². The monoisotopic (exact) mass is 295 g/mol. The lowest BCUT2D eigenvalue weighted by Gasteiger charge is -2.33. The fourth-order valence-electron chi connectivity index (χ4n) is 2.38. The van der Waals surface area contributed by atoms with Crippen LogP contribution in [0.2, 0.25) is 0 Å². The maximum absolute atomic E-state index is 12.0. The van der Waals surface area contributed by atoms with Crippen molar-refractivity contribution in [3.05, 3.63) is 18.0 Å². The molecule has 0 atom stereocenters. The van der Waals surface area contributed by atoms with E-state index in [0.29, 0.717) is 5.92 Å². The van der Waals surface area contributed by atoms with Crippen LogP contribution < -0.4 is 5.32 Å². The zero-order valence-corrected chi connectivity index (χ0v) is 13.1. The van der Waals surface area contributed by atoms with Crippen molar-refractivity contribution in [2.75, 3.05) is 19.6 Å². The van der Waals surface area contributed by atoms with Crippen LogP contribution >= 0.6 is 0 Å². The minimum atomic E-state index is -0.424. The van der Waals surface area contributed by atoms with Crippen molar-refractivity contribution in [3.63, 3.8) is 0 Å². The fraction of sp³-hybridized carbons (Fsp3) is 0.733. The molecule has 1 aliphatic heterocycles. The molecule has 1 fully saturated rings. The molecule has 0 aliphatic carbocycles. The Labute approximate surface area is 125 Å². The summed E-state index contributed by atoms with van der Waals surface area (Å²) in [7, 11) is 0. The predicted molar refractivity (Wildman–Crippen MR) is 78.7 cm³/mol. The van der Waals surface area contributed by atoms with E-state index in [-0.39, 0.29) is 6.09 Å². The second-order valence-electron chi connectivity index (χ2n) is 6.53. The Balaban J connectivity index is 1.65. The van der Waals surface area contributed by atoms with Crippen LogP contribution in [0.5, 0.6) is 0 Å². The van der Waals surface area contributed by atoms with Gasteiger partial charge in [-0.2, -0.15) is 0 Å². The van der Waals surface area contributed by atoms with Crippen molar-refractivity contribution in [2.24, 2.45) is 5.92 Å². The number of carbonyl (C=O) groups is 1. The van der Waals surface area contributed by atoms with Crippen molar-refractivity contribution in [1.82, 2.24) is 15.4 Å². The number of nitrogens with zero attached hydrogens (tertiary/aromatic N) is 2. The molecule has 1 N–H and O–H groups in total. The summed E-state index contributed by atoms with van der Waals surface area (Å²) < 4.78 is 10.2. The second-order valence-corrected chi connectivity index (χ2v) is 6.53. The number of carbonyl (C=O) groups excluding carboxylic acids is 1. The van der Waals surface area contributed by atoms with Crippen LogP contribution in [0, 0.1) is 5.92 Å². The molecule has 0 saturated carbocycles. The van der Waals surface area contributed by atoms with E-state index in [9.17, 15) is 4.79 Å². The van der Waals surface area contributed by atoms with Crippen molar-refractivity contribution in [2.45, 2.75) is 45.8 Å². The smallest absolute Gasteiger partial charge is 0.410 e. The van der Waals surface area contributed by atoms with E-state index < -0.39 is 5.60 Å². The van der Waals surface area contributed by atoms with Gasteiger partial charge in [-0.3, -0.25) is 0 Å². The fourth-order valence-corrected chi connectivity index (χ4v) is 2.38. The molecule has 6 heteroatoms. The molecule has 0 aromatic carbocycles. The van der Waals surface area contributed by atoms with Crippen LogP contribution in [-0.4, -0.2) is 41.4 Å². The molecule has 6 nitrogen and oxygen atoms in total. The second kappa shape index (κ2) is 6.93. The number of aromatic nitrogens is 1. The van der Waals surface area contributed by atoms with E-state index in [2.05, 4.69) is 10.5 Å². The molecule has 1 aliphatic rings. The highest BCUT2D eigenvalue weighted by atomic mass is 16.6. The molecule has 2 rings (SSSR count). The predicted octanol–water partition coefficient (Wildman–Crippen LogP) is 2.41. The van der Waals surface area contributed by atoms with Gasteiger partial charge in [-0.05, 0) is 46.1 Å². The summed E-state index contributed by atoms with van der Waals surface area (Å²) in [5.74, 6) is 0.593. The Hall–Kier alpha value is -1.56. The summed E-state index contributed by atoms with van der Waals surface area (Å²) in [6, 6.07) is 1.86. The Morgan fingerprint density at radius 3 is 2.76 bits per heavy atom. The normalized spacial score (nSPS) is 17.0. The maximum atomic E-state index is 12.0. The van der Waals surface area contributed by atoms with Gasteiger partial charge in [0, 0.05) is 25.7 Å². The van der Waals surface area contributed by atoms with Crippen molar-refractivity contribution in [3.8, 4) is 0 Å². The molecule has 2 heterocycles. The number of likely N-dealkylation sites (tertiary alicyclic amines) is 1.